The van der Waals surface area contributed by atoms with Gasteiger partial charge in [-0.3, -0.25) is 0 Å². The summed E-state index contributed by atoms with van der Waals surface area (Å²) >= 11 is 1.54. The van der Waals surface area contributed by atoms with Crippen molar-refractivity contribution in [2.75, 3.05) is 38.3 Å². The second kappa shape index (κ2) is 8.11. The highest BCUT2D eigenvalue weighted by molar-refractivity contribution is 7.15. The molecule has 0 unspecified atom stereocenters. The molecule has 0 saturated carbocycles. The first-order valence-electron chi connectivity index (χ1n) is 8.46. The second-order valence-corrected chi connectivity index (χ2v) is 7.27. The van der Waals surface area contributed by atoms with E-state index < -0.39 is 0 Å². The molecule has 6 nitrogen and oxygen atoms in total. The summed E-state index contributed by atoms with van der Waals surface area (Å²) in [5.74, 6) is 0. The third kappa shape index (κ3) is 4.79. The van der Waals surface area contributed by atoms with E-state index in [0.29, 0.717) is 5.13 Å². The lowest BCUT2D eigenvalue weighted by atomic mass is 10.2. The molecule has 0 spiro atoms. The van der Waals surface area contributed by atoms with Crippen LogP contribution in [0.15, 0.2) is 53.1 Å². The van der Waals surface area contributed by atoms with Crippen LogP contribution in [-0.2, 0) is 0 Å². The van der Waals surface area contributed by atoms with Gasteiger partial charge in [0.2, 0.25) is 5.13 Å². The fourth-order valence-electron chi connectivity index (χ4n) is 2.67. The SMILES string of the molecule is CCN(CCN1C=CN(C)C1)c1ccc(N=Nc2ncc(C)s2)cc1. The molecule has 0 atom stereocenters. The van der Waals surface area contributed by atoms with Crippen LogP contribution in [0.2, 0.25) is 0 Å². The molecule has 25 heavy (non-hydrogen) atoms. The lowest BCUT2D eigenvalue weighted by Gasteiger charge is -2.26. The van der Waals surface area contributed by atoms with E-state index in [0.717, 1.165) is 36.9 Å². The zero-order valence-corrected chi connectivity index (χ0v) is 15.8. The molecule has 2 aromatic rings. The number of azo groups is 1. The van der Waals surface area contributed by atoms with Gasteiger partial charge in [-0.25, -0.2) is 4.98 Å². The average Bonchev–Trinajstić information content (AvgIpc) is 3.23. The maximum atomic E-state index is 4.26. The predicted octanol–water partition coefficient (Wildman–Crippen LogP) is 4.37. The molecule has 0 saturated heterocycles. The number of aromatic nitrogens is 1. The van der Waals surface area contributed by atoms with E-state index >= 15 is 0 Å². The van der Waals surface area contributed by atoms with Gasteiger partial charge in [-0.15, -0.1) is 10.2 Å². The van der Waals surface area contributed by atoms with Crippen molar-refractivity contribution in [2.45, 2.75) is 13.8 Å². The quantitative estimate of drug-likeness (QED) is 0.691. The fraction of sp³-hybridized carbons (Fsp3) is 0.389. The molecule has 0 radical (unpaired) electrons. The van der Waals surface area contributed by atoms with Gasteiger partial charge in [-0.1, -0.05) is 11.3 Å². The second-order valence-electron chi connectivity index (χ2n) is 6.06. The lowest BCUT2D eigenvalue weighted by molar-refractivity contribution is 0.301. The van der Waals surface area contributed by atoms with Gasteiger partial charge in [-0.2, -0.15) is 0 Å². The molecule has 0 fully saturated rings. The third-order valence-corrected chi connectivity index (χ3v) is 4.85. The first-order valence-corrected chi connectivity index (χ1v) is 9.27. The third-order valence-electron chi connectivity index (χ3n) is 4.05. The first kappa shape index (κ1) is 17.4. The fourth-order valence-corrected chi connectivity index (χ4v) is 3.25. The molecule has 1 aromatic heterocycles. The van der Waals surface area contributed by atoms with Crippen LogP contribution in [0.5, 0.6) is 0 Å². The van der Waals surface area contributed by atoms with Gasteiger partial charge in [0.1, 0.15) is 0 Å². The Balaban J connectivity index is 1.57. The van der Waals surface area contributed by atoms with E-state index in [1.165, 1.54) is 5.69 Å². The highest BCUT2D eigenvalue weighted by Crippen LogP contribution is 2.24. The molecule has 0 amide bonds. The number of hydrogen-bond donors (Lipinski definition) is 0. The molecule has 0 N–H and O–H groups in total. The number of aryl methyl sites for hydroxylation is 1. The van der Waals surface area contributed by atoms with E-state index in [1.807, 2.05) is 25.3 Å². The van der Waals surface area contributed by atoms with Crippen LogP contribution in [-0.4, -0.2) is 48.1 Å². The Morgan fingerprint density at radius 2 is 2.00 bits per heavy atom. The summed E-state index contributed by atoms with van der Waals surface area (Å²) in [5, 5.41) is 9.15. The van der Waals surface area contributed by atoms with Crippen LogP contribution in [0.3, 0.4) is 0 Å². The van der Waals surface area contributed by atoms with E-state index in [4.69, 9.17) is 0 Å². The van der Waals surface area contributed by atoms with Gasteiger partial charge in [0.05, 0.1) is 12.4 Å². The molecular weight excluding hydrogens is 332 g/mol. The molecule has 132 valence electrons. The maximum absolute atomic E-state index is 4.26. The number of benzene rings is 1. The van der Waals surface area contributed by atoms with Crippen LogP contribution < -0.4 is 4.90 Å². The van der Waals surface area contributed by atoms with Crippen LogP contribution in [0.1, 0.15) is 11.8 Å². The summed E-state index contributed by atoms with van der Waals surface area (Å²) in [6, 6.07) is 8.23. The highest BCUT2D eigenvalue weighted by atomic mass is 32.1. The Morgan fingerprint density at radius 3 is 2.60 bits per heavy atom. The number of hydrogen-bond acceptors (Lipinski definition) is 7. The zero-order chi connectivity index (χ0) is 17.6. The molecule has 1 aliphatic rings. The Bertz CT molecular complexity index is 736. The van der Waals surface area contributed by atoms with Gasteiger partial charge < -0.3 is 14.7 Å². The molecule has 1 aromatic carbocycles. The minimum Gasteiger partial charge on any atom is -0.370 e. The summed E-state index contributed by atoms with van der Waals surface area (Å²) in [6.07, 6.45) is 6.08. The van der Waals surface area contributed by atoms with Crippen molar-refractivity contribution in [3.05, 3.63) is 47.7 Å². The van der Waals surface area contributed by atoms with Crippen molar-refractivity contribution in [2.24, 2.45) is 10.2 Å². The Hall–Kier alpha value is -2.41. The monoisotopic (exact) mass is 356 g/mol. The summed E-state index contributed by atoms with van der Waals surface area (Å²) < 4.78 is 0. The van der Waals surface area contributed by atoms with Crippen molar-refractivity contribution < 1.29 is 0 Å². The van der Waals surface area contributed by atoms with E-state index in [1.54, 1.807) is 11.3 Å². The minimum atomic E-state index is 0.695. The van der Waals surface area contributed by atoms with Gasteiger partial charge in [-0.05, 0) is 38.1 Å². The molecule has 1 aliphatic heterocycles. The van der Waals surface area contributed by atoms with E-state index in [2.05, 4.69) is 68.4 Å². The normalized spacial score (nSPS) is 14.0. The maximum Gasteiger partial charge on any atom is 0.230 e. The van der Waals surface area contributed by atoms with Crippen LogP contribution in [0.25, 0.3) is 0 Å². The van der Waals surface area contributed by atoms with Crippen LogP contribution in [0.4, 0.5) is 16.5 Å². The van der Waals surface area contributed by atoms with E-state index in [-0.39, 0.29) is 0 Å². The number of nitrogens with zero attached hydrogens (tertiary/aromatic N) is 6. The van der Waals surface area contributed by atoms with Gasteiger partial charge in [0, 0.05) is 55.8 Å². The van der Waals surface area contributed by atoms with Gasteiger partial charge >= 0.3 is 0 Å². The van der Waals surface area contributed by atoms with Crippen molar-refractivity contribution in [3.8, 4) is 0 Å². The average molecular weight is 356 g/mol. The molecule has 0 aliphatic carbocycles. The summed E-state index contributed by atoms with van der Waals surface area (Å²) in [5.41, 5.74) is 2.06. The van der Waals surface area contributed by atoms with Gasteiger partial charge in [0.15, 0.2) is 0 Å². The summed E-state index contributed by atoms with van der Waals surface area (Å²) in [7, 11) is 2.09. The number of anilines is 1. The highest BCUT2D eigenvalue weighted by Gasteiger charge is 2.10. The molecule has 0 bridgehead atoms. The van der Waals surface area contributed by atoms with Crippen molar-refractivity contribution >= 4 is 27.8 Å². The molecule has 2 heterocycles. The number of rotatable bonds is 7. The number of likely N-dealkylation sites (N-methyl/N-ethyl adjacent to an activating group) is 1. The van der Waals surface area contributed by atoms with Crippen LogP contribution >= 0.6 is 11.3 Å². The van der Waals surface area contributed by atoms with Gasteiger partial charge in [0.25, 0.3) is 0 Å². The van der Waals surface area contributed by atoms with Crippen molar-refractivity contribution in [1.29, 1.82) is 0 Å². The molecule has 7 heteroatoms. The molecular formula is C18H24N6S. The largest absolute Gasteiger partial charge is 0.370 e. The minimum absolute atomic E-state index is 0.695. The Morgan fingerprint density at radius 1 is 1.20 bits per heavy atom. The standard InChI is InChI=1S/C18H24N6S/c1-4-24(12-11-23-10-9-22(3)14-23)17-7-5-16(6-8-17)20-21-18-19-13-15(2)25-18/h5-10,13H,4,11-12,14H2,1-3H3. The van der Waals surface area contributed by atoms with Crippen molar-refractivity contribution in [3.63, 3.8) is 0 Å². The van der Waals surface area contributed by atoms with Crippen LogP contribution in [0, 0.1) is 6.92 Å². The topological polar surface area (TPSA) is 47.3 Å². The zero-order valence-electron chi connectivity index (χ0n) is 15.0. The Labute approximate surface area is 153 Å². The predicted molar refractivity (Wildman–Crippen MR) is 104 cm³/mol. The number of thiazole rings is 1. The summed E-state index contributed by atoms with van der Waals surface area (Å²) in [6.45, 7) is 8.15. The lowest BCUT2D eigenvalue weighted by Crippen LogP contribution is -2.33. The summed E-state index contributed by atoms with van der Waals surface area (Å²) in [4.78, 5) is 12.2. The first-order chi connectivity index (χ1) is 12.1. The Kier molecular flexibility index (Phi) is 5.65. The molecule has 3 rings (SSSR count). The van der Waals surface area contributed by atoms with E-state index in [9.17, 15) is 0 Å². The smallest absolute Gasteiger partial charge is 0.230 e. The van der Waals surface area contributed by atoms with Crippen molar-refractivity contribution in [1.82, 2.24) is 14.8 Å².